The van der Waals surface area contributed by atoms with Crippen LogP contribution < -0.4 is 10.1 Å². The molecule has 4 aromatic rings. The number of nitrogens with one attached hydrogen (secondary N) is 1. The summed E-state index contributed by atoms with van der Waals surface area (Å²) in [5.74, 6) is 1.40. The van der Waals surface area contributed by atoms with Gasteiger partial charge in [-0.2, -0.15) is 4.98 Å². The third-order valence-corrected chi connectivity index (χ3v) is 5.98. The highest BCUT2D eigenvalue weighted by molar-refractivity contribution is 9.10. The smallest absolute Gasteiger partial charge is 0.259 e. The summed E-state index contributed by atoms with van der Waals surface area (Å²) < 4.78 is 12.1. The van der Waals surface area contributed by atoms with Gasteiger partial charge in [-0.3, -0.25) is 4.79 Å². The Morgan fingerprint density at radius 1 is 1.03 bits per heavy atom. The molecule has 0 spiro atoms. The van der Waals surface area contributed by atoms with E-state index in [-0.39, 0.29) is 5.91 Å². The van der Waals surface area contributed by atoms with Gasteiger partial charge < -0.3 is 19.5 Å². The predicted octanol–water partition coefficient (Wildman–Crippen LogP) is 5.98. The standard InChI is InChI=1S/C27H27BrN4O3/c1-17-15-20(26-29-18(2)35-31-26)6-11-23(17)19-5-12-24(25(16-19)34-14-13-32(3)4)27(33)30-22-9-7-21(28)8-10-22/h5-12,15-16H,13-14H2,1-4H3,(H,30,33). The van der Waals surface area contributed by atoms with Crippen molar-refractivity contribution in [2.24, 2.45) is 0 Å². The Morgan fingerprint density at radius 3 is 2.43 bits per heavy atom. The average molecular weight is 535 g/mol. The van der Waals surface area contributed by atoms with Gasteiger partial charge in [0.15, 0.2) is 0 Å². The molecule has 35 heavy (non-hydrogen) atoms. The van der Waals surface area contributed by atoms with Crippen molar-refractivity contribution in [2.75, 3.05) is 32.6 Å². The van der Waals surface area contributed by atoms with E-state index in [1.54, 1.807) is 6.92 Å². The third-order valence-electron chi connectivity index (χ3n) is 5.45. The number of hydrogen-bond acceptors (Lipinski definition) is 6. The Bertz CT molecular complexity index is 1330. The van der Waals surface area contributed by atoms with E-state index >= 15 is 0 Å². The number of aryl methyl sites for hydroxylation is 2. The monoisotopic (exact) mass is 534 g/mol. The number of rotatable bonds is 8. The second kappa shape index (κ2) is 10.8. The first-order valence-electron chi connectivity index (χ1n) is 11.2. The molecule has 1 amide bonds. The molecule has 1 N–H and O–H groups in total. The molecular formula is C27H27BrN4O3. The van der Waals surface area contributed by atoms with Gasteiger partial charge in [-0.1, -0.05) is 39.3 Å². The summed E-state index contributed by atoms with van der Waals surface area (Å²) in [6.07, 6.45) is 0. The second-order valence-electron chi connectivity index (χ2n) is 8.49. The maximum absolute atomic E-state index is 13.1. The molecule has 0 aliphatic rings. The van der Waals surface area contributed by atoms with Crippen LogP contribution in [0.4, 0.5) is 5.69 Å². The third kappa shape index (κ3) is 6.15. The van der Waals surface area contributed by atoms with Crippen LogP contribution in [-0.2, 0) is 0 Å². The minimum absolute atomic E-state index is 0.224. The Labute approximate surface area is 213 Å². The summed E-state index contributed by atoms with van der Waals surface area (Å²) in [5, 5.41) is 6.95. The summed E-state index contributed by atoms with van der Waals surface area (Å²) in [4.78, 5) is 19.4. The molecule has 0 radical (unpaired) electrons. The van der Waals surface area contributed by atoms with Crippen molar-refractivity contribution in [1.29, 1.82) is 0 Å². The summed E-state index contributed by atoms with van der Waals surface area (Å²) in [5.41, 5.74) is 5.12. The van der Waals surface area contributed by atoms with E-state index in [0.717, 1.165) is 33.3 Å². The molecule has 8 heteroatoms. The number of aromatic nitrogens is 2. The lowest BCUT2D eigenvalue weighted by Crippen LogP contribution is -2.21. The molecule has 3 aromatic carbocycles. The van der Waals surface area contributed by atoms with Gasteiger partial charge in [0, 0.05) is 29.2 Å². The minimum atomic E-state index is -0.224. The maximum atomic E-state index is 13.1. The van der Waals surface area contributed by atoms with Gasteiger partial charge in [0.25, 0.3) is 5.91 Å². The van der Waals surface area contributed by atoms with Gasteiger partial charge >= 0.3 is 0 Å². The molecule has 1 heterocycles. The highest BCUT2D eigenvalue weighted by atomic mass is 79.9. The highest BCUT2D eigenvalue weighted by Crippen LogP contribution is 2.32. The predicted molar refractivity (Wildman–Crippen MR) is 141 cm³/mol. The molecule has 180 valence electrons. The zero-order chi connectivity index (χ0) is 24.9. The molecule has 1 aromatic heterocycles. The van der Waals surface area contributed by atoms with Crippen LogP contribution in [0.5, 0.6) is 5.75 Å². The molecule has 0 fully saturated rings. The topological polar surface area (TPSA) is 80.5 Å². The summed E-state index contributed by atoms with van der Waals surface area (Å²) >= 11 is 3.41. The molecule has 7 nitrogen and oxygen atoms in total. The van der Waals surface area contributed by atoms with Crippen molar-refractivity contribution in [1.82, 2.24) is 15.0 Å². The first-order chi connectivity index (χ1) is 16.8. The van der Waals surface area contributed by atoms with Crippen LogP contribution in [0.15, 0.2) is 69.7 Å². The first-order valence-corrected chi connectivity index (χ1v) is 12.0. The lowest BCUT2D eigenvalue weighted by molar-refractivity contribution is 0.102. The van der Waals surface area contributed by atoms with Gasteiger partial charge in [0.05, 0.1) is 5.56 Å². The SMILES string of the molecule is Cc1nc(-c2ccc(-c3ccc(C(=O)Nc4ccc(Br)cc4)c(OCCN(C)C)c3)c(C)c2)no1. The van der Waals surface area contributed by atoms with Crippen LogP contribution in [0, 0.1) is 13.8 Å². The Kier molecular flexibility index (Phi) is 7.63. The maximum Gasteiger partial charge on any atom is 0.259 e. The second-order valence-corrected chi connectivity index (χ2v) is 9.41. The van der Waals surface area contributed by atoms with Gasteiger partial charge in [-0.05, 0) is 80.2 Å². The van der Waals surface area contributed by atoms with Crippen molar-refractivity contribution in [3.05, 3.63) is 82.2 Å². The van der Waals surface area contributed by atoms with Crippen molar-refractivity contribution < 1.29 is 14.1 Å². The Hall–Kier alpha value is -3.49. The van der Waals surface area contributed by atoms with Crippen molar-refractivity contribution in [2.45, 2.75) is 13.8 Å². The van der Waals surface area contributed by atoms with Crippen LogP contribution in [0.2, 0.25) is 0 Å². The van der Waals surface area contributed by atoms with E-state index in [0.29, 0.717) is 35.3 Å². The number of amides is 1. The molecule has 0 aliphatic carbocycles. The molecule has 0 aliphatic heterocycles. The number of ether oxygens (including phenoxy) is 1. The van der Waals surface area contributed by atoms with Gasteiger partial charge in [-0.15, -0.1) is 0 Å². The van der Waals surface area contributed by atoms with E-state index < -0.39 is 0 Å². The summed E-state index contributed by atoms with van der Waals surface area (Å²) in [6, 6.07) is 19.2. The summed E-state index contributed by atoms with van der Waals surface area (Å²) in [7, 11) is 3.97. The quantitative estimate of drug-likeness (QED) is 0.299. The minimum Gasteiger partial charge on any atom is -0.491 e. The number of halogens is 1. The van der Waals surface area contributed by atoms with E-state index in [4.69, 9.17) is 9.26 Å². The molecule has 4 rings (SSSR count). The lowest BCUT2D eigenvalue weighted by atomic mass is 9.96. The average Bonchev–Trinajstić information content (AvgIpc) is 3.26. The molecule has 0 atom stereocenters. The van der Waals surface area contributed by atoms with Crippen LogP contribution in [0.1, 0.15) is 21.8 Å². The molecular weight excluding hydrogens is 508 g/mol. The lowest BCUT2D eigenvalue weighted by Gasteiger charge is -2.16. The van der Waals surface area contributed by atoms with E-state index in [2.05, 4.69) is 31.4 Å². The number of hydrogen-bond donors (Lipinski definition) is 1. The number of benzene rings is 3. The van der Waals surface area contributed by atoms with Crippen LogP contribution in [0.3, 0.4) is 0 Å². The van der Waals surface area contributed by atoms with E-state index in [1.165, 1.54) is 0 Å². The number of nitrogens with zero attached hydrogens (tertiary/aromatic N) is 3. The number of carbonyl (C=O) groups excluding carboxylic acids is 1. The van der Waals surface area contributed by atoms with Crippen LogP contribution in [-0.4, -0.2) is 48.2 Å². The molecule has 0 saturated carbocycles. The van der Waals surface area contributed by atoms with E-state index in [9.17, 15) is 4.79 Å². The van der Waals surface area contributed by atoms with Crippen LogP contribution >= 0.6 is 15.9 Å². The molecule has 0 unspecified atom stereocenters. The highest BCUT2D eigenvalue weighted by Gasteiger charge is 2.16. The van der Waals surface area contributed by atoms with Gasteiger partial charge in [0.1, 0.15) is 12.4 Å². The normalized spacial score (nSPS) is 11.0. The fourth-order valence-corrected chi connectivity index (χ4v) is 3.87. The van der Waals surface area contributed by atoms with E-state index in [1.807, 2.05) is 86.6 Å². The summed E-state index contributed by atoms with van der Waals surface area (Å²) in [6.45, 7) is 5.00. The van der Waals surface area contributed by atoms with Crippen molar-refractivity contribution in [3.8, 4) is 28.3 Å². The fraction of sp³-hybridized carbons (Fsp3) is 0.222. The fourth-order valence-electron chi connectivity index (χ4n) is 3.61. The number of anilines is 1. The number of likely N-dealkylation sites (N-methyl/N-ethyl adjacent to an activating group) is 1. The zero-order valence-corrected chi connectivity index (χ0v) is 21.7. The van der Waals surface area contributed by atoms with Crippen molar-refractivity contribution in [3.63, 3.8) is 0 Å². The Morgan fingerprint density at radius 2 is 1.77 bits per heavy atom. The largest absolute Gasteiger partial charge is 0.491 e. The first kappa shape index (κ1) is 24.6. The van der Waals surface area contributed by atoms with Crippen LogP contribution in [0.25, 0.3) is 22.5 Å². The number of carbonyl (C=O) groups is 1. The zero-order valence-electron chi connectivity index (χ0n) is 20.1. The van der Waals surface area contributed by atoms with Gasteiger partial charge in [-0.25, -0.2) is 0 Å². The van der Waals surface area contributed by atoms with Crippen molar-refractivity contribution >= 4 is 27.5 Å². The molecule has 0 saturated heterocycles. The molecule has 0 bridgehead atoms. The Balaban J connectivity index is 1.64. The van der Waals surface area contributed by atoms with Gasteiger partial charge in [0.2, 0.25) is 11.7 Å².